The molecule has 0 heterocycles. The van der Waals surface area contributed by atoms with Crippen LogP contribution >= 0.6 is 23.2 Å². The van der Waals surface area contributed by atoms with E-state index in [0.717, 1.165) is 5.56 Å². The molecule has 2 rings (SSSR count). The maximum absolute atomic E-state index is 12.7. The number of ether oxygens (including phenoxy) is 1. The van der Waals surface area contributed by atoms with Crippen molar-refractivity contribution in [3.63, 3.8) is 0 Å². The Kier molecular flexibility index (Phi) is 5.45. The molecule has 0 atom stereocenters. The molecule has 0 amide bonds. The number of hydrogen-bond donors (Lipinski definition) is 1. The standard InChI is InChI=1S/C16H17Cl2NO3S/c1-10(2)11-4-5-15(22-3)16(6-11)23(20,21)19-14-8-12(17)7-13(18)9-14/h4-10,19H,1-3H3. The lowest BCUT2D eigenvalue weighted by molar-refractivity contribution is 0.402. The molecule has 0 saturated heterocycles. The molecule has 1 N–H and O–H groups in total. The van der Waals surface area contributed by atoms with Gasteiger partial charge >= 0.3 is 0 Å². The van der Waals surface area contributed by atoms with E-state index in [1.54, 1.807) is 12.1 Å². The van der Waals surface area contributed by atoms with Gasteiger partial charge in [0, 0.05) is 10.0 Å². The van der Waals surface area contributed by atoms with Gasteiger partial charge in [0.2, 0.25) is 0 Å². The van der Waals surface area contributed by atoms with Gasteiger partial charge in [0.05, 0.1) is 12.8 Å². The van der Waals surface area contributed by atoms with Crippen molar-refractivity contribution in [2.24, 2.45) is 0 Å². The summed E-state index contributed by atoms with van der Waals surface area (Å²) >= 11 is 11.8. The van der Waals surface area contributed by atoms with Crippen molar-refractivity contribution in [2.45, 2.75) is 24.7 Å². The zero-order valence-corrected chi connectivity index (χ0v) is 15.3. The Labute approximate surface area is 146 Å². The normalized spacial score (nSPS) is 11.6. The molecule has 0 aromatic heterocycles. The van der Waals surface area contributed by atoms with E-state index in [9.17, 15) is 8.42 Å². The molecule has 7 heteroatoms. The van der Waals surface area contributed by atoms with Crippen LogP contribution in [0.5, 0.6) is 5.75 Å². The summed E-state index contributed by atoms with van der Waals surface area (Å²) in [6.07, 6.45) is 0. The molecular formula is C16H17Cl2NO3S. The summed E-state index contributed by atoms with van der Waals surface area (Å²) in [6, 6.07) is 9.61. The summed E-state index contributed by atoms with van der Waals surface area (Å²) in [4.78, 5) is 0.0716. The lowest BCUT2D eigenvalue weighted by Crippen LogP contribution is -2.14. The molecule has 4 nitrogen and oxygen atoms in total. The molecule has 0 bridgehead atoms. The Hall–Kier alpha value is -1.43. The second-order valence-electron chi connectivity index (χ2n) is 5.33. The van der Waals surface area contributed by atoms with Gasteiger partial charge in [-0.3, -0.25) is 4.72 Å². The lowest BCUT2D eigenvalue weighted by atomic mass is 10.0. The molecule has 0 unspecified atom stereocenters. The Bertz CT molecular complexity index is 800. The number of rotatable bonds is 5. The maximum Gasteiger partial charge on any atom is 0.265 e. The van der Waals surface area contributed by atoms with Crippen molar-refractivity contribution in [1.82, 2.24) is 0 Å². The van der Waals surface area contributed by atoms with Crippen molar-refractivity contribution >= 4 is 38.9 Å². The van der Waals surface area contributed by atoms with E-state index < -0.39 is 10.0 Å². The van der Waals surface area contributed by atoms with Crippen LogP contribution in [-0.4, -0.2) is 15.5 Å². The molecule has 0 fully saturated rings. The third-order valence-electron chi connectivity index (χ3n) is 3.26. The molecule has 0 aliphatic rings. The Morgan fingerprint density at radius 2 is 1.65 bits per heavy atom. The molecule has 124 valence electrons. The van der Waals surface area contributed by atoms with Crippen molar-refractivity contribution in [1.29, 1.82) is 0 Å². The molecule has 0 aliphatic heterocycles. The van der Waals surface area contributed by atoms with Crippen LogP contribution in [0.4, 0.5) is 5.69 Å². The highest BCUT2D eigenvalue weighted by Crippen LogP contribution is 2.30. The van der Waals surface area contributed by atoms with Crippen LogP contribution in [0, 0.1) is 0 Å². The Morgan fingerprint density at radius 1 is 1.04 bits per heavy atom. The fourth-order valence-electron chi connectivity index (χ4n) is 2.09. The van der Waals surface area contributed by atoms with Crippen molar-refractivity contribution in [3.8, 4) is 5.75 Å². The highest BCUT2D eigenvalue weighted by molar-refractivity contribution is 7.92. The average Bonchev–Trinajstić information content (AvgIpc) is 2.44. The van der Waals surface area contributed by atoms with Crippen molar-refractivity contribution in [3.05, 3.63) is 52.0 Å². The molecular weight excluding hydrogens is 357 g/mol. The number of sulfonamides is 1. The van der Waals surface area contributed by atoms with Crippen LogP contribution in [0.3, 0.4) is 0 Å². The summed E-state index contributed by atoms with van der Waals surface area (Å²) in [5, 5.41) is 0.691. The first-order chi connectivity index (χ1) is 10.7. The summed E-state index contributed by atoms with van der Waals surface area (Å²) in [7, 11) is -2.41. The third kappa shape index (κ3) is 4.31. The van der Waals surface area contributed by atoms with Gasteiger partial charge < -0.3 is 4.74 Å². The first-order valence-electron chi connectivity index (χ1n) is 6.90. The van der Waals surface area contributed by atoms with Gasteiger partial charge in [-0.15, -0.1) is 0 Å². The zero-order valence-electron chi connectivity index (χ0n) is 12.9. The lowest BCUT2D eigenvalue weighted by Gasteiger charge is -2.14. The minimum Gasteiger partial charge on any atom is -0.495 e. The first-order valence-corrected chi connectivity index (χ1v) is 9.13. The van der Waals surface area contributed by atoms with Gasteiger partial charge in [0.1, 0.15) is 10.6 Å². The van der Waals surface area contributed by atoms with E-state index in [0.29, 0.717) is 15.7 Å². The van der Waals surface area contributed by atoms with E-state index in [-0.39, 0.29) is 16.6 Å². The number of halogens is 2. The minimum atomic E-state index is -3.84. The zero-order chi connectivity index (χ0) is 17.2. The smallest absolute Gasteiger partial charge is 0.265 e. The second-order valence-corrected chi connectivity index (χ2v) is 7.85. The van der Waals surface area contributed by atoms with Gasteiger partial charge in [0.25, 0.3) is 10.0 Å². The minimum absolute atomic E-state index is 0.0716. The summed E-state index contributed by atoms with van der Waals surface area (Å²) in [6.45, 7) is 3.98. The summed E-state index contributed by atoms with van der Waals surface area (Å²) in [5.74, 6) is 0.463. The fraction of sp³-hybridized carbons (Fsp3) is 0.250. The molecule has 2 aromatic rings. The van der Waals surface area contributed by atoms with Gasteiger partial charge in [-0.1, -0.05) is 43.1 Å². The van der Waals surface area contributed by atoms with Gasteiger partial charge in [0.15, 0.2) is 0 Å². The Balaban J connectivity index is 2.48. The third-order valence-corrected chi connectivity index (χ3v) is 5.10. The Morgan fingerprint density at radius 3 is 2.17 bits per heavy atom. The fourth-order valence-corrected chi connectivity index (χ4v) is 3.86. The van der Waals surface area contributed by atoms with E-state index >= 15 is 0 Å². The van der Waals surface area contributed by atoms with E-state index in [1.807, 2.05) is 19.9 Å². The van der Waals surface area contributed by atoms with Crippen LogP contribution in [0.15, 0.2) is 41.3 Å². The number of nitrogens with one attached hydrogen (secondary N) is 1. The highest BCUT2D eigenvalue weighted by Gasteiger charge is 2.21. The second kappa shape index (κ2) is 6.99. The van der Waals surface area contributed by atoms with Crippen molar-refractivity contribution < 1.29 is 13.2 Å². The average molecular weight is 374 g/mol. The van der Waals surface area contributed by atoms with Crippen LogP contribution in [0.1, 0.15) is 25.3 Å². The predicted octanol–water partition coefficient (Wildman–Crippen LogP) is 4.93. The molecule has 0 saturated carbocycles. The van der Waals surface area contributed by atoms with E-state index in [4.69, 9.17) is 27.9 Å². The SMILES string of the molecule is COc1ccc(C(C)C)cc1S(=O)(=O)Nc1cc(Cl)cc(Cl)c1. The van der Waals surface area contributed by atoms with Gasteiger partial charge in [-0.2, -0.15) is 0 Å². The summed E-state index contributed by atoms with van der Waals surface area (Å²) < 4.78 is 33.1. The number of benzene rings is 2. The molecule has 0 spiro atoms. The van der Waals surface area contributed by atoms with Crippen LogP contribution in [0.25, 0.3) is 0 Å². The largest absolute Gasteiger partial charge is 0.495 e. The van der Waals surface area contributed by atoms with Crippen molar-refractivity contribution in [2.75, 3.05) is 11.8 Å². The molecule has 0 radical (unpaired) electrons. The number of methoxy groups -OCH3 is 1. The topological polar surface area (TPSA) is 55.4 Å². The number of hydrogen-bond acceptors (Lipinski definition) is 3. The van der Waals surface area contributed by atoms with Crippen LogP contribution in [0.2, 0.25) is 10.0 Å². The number of anilines is 1. The van der Waals surface area contributed by atoms with Crippen LogP contribution in [-0.2, 0) is 10.0 Å². The van der Waals surface area contributed by atoms with E-state index in [2.05, 4.69) is 4.72 Å². The molecule has 2 aromatic carbocycles. The monoisotopic (exact) mass is 373 g/mol. The summed E-state index contributed by atoms with van der Waals surface area (Å²) in [5.41, 5.74) is 1.19. The van der Waals surface area contributed by atoms with E-state index in [1.165, 1.54) is 25.3 Å². The van der Waals surface area contributed by atoms with Gasteiger partial charge in [-0.25, -0.2) is 8.42 Å². The van der Waals surface area contributed by atoms with Gasteiger partial charge in [-0.05, 0) is 41.8 Å². The first kappa shape index (κ1) is 17.9. The predicted molar refractivity (Wildman–Crippen MR) is 94.4 cm³/mol. The highest BCUT2D eigenvalue weighted by atomic mass is 35.5. The van der Waals surface area contributed by atoms with Crippen LogP contribution < -0.4 is 9.46 Å². The molecule has 0 aliphatic carbocycles. The molecule has 23 heavy (non-hydrogen) atoms. The quantitative estimate of drug-likeness (QED) is 0.808. The maximum atomic E-state index is 12.7.